The molecule has 7 heavy (non-hydrogen) atoms. The molecule has 0 aromatic heterocycles. The van der Waals surface area contributed by atoms with Crippen LogP contribution in [0, 0.1) is 11.8 Å². The fraction of sp³-hybridized carbons (Fsp3) is 0.600. The maximum atomic E-state index is 3.18. The van der Waals surface area contributed by atoms with Crippen molar-refractivity contribution in [2.45, 2.75) is 13.3 Å². The maximum absolute atomic E-state index is 3.18. The summed E-state index contributed by atoms with van der Waals surface area (Å²) in [7, 11) is 0. The Labute approximate surface area is 63.6 Å². The monoisotopic (exact) mass is 226 g/mol. The molecule has 0 nitrogen and oxygen atoms in total. The van der Waals surface area contributed by atoms with Gasteiger partial charge in [-0.1, -0.05) is 28.8 Å². The average molecular weight is 228 g/mol. The van der Waals surface area contributed by atoms with Crippen LogP contribution in [0.4, 0.5) is 0 Å². The quantitative estimate of drug-likeness (QED) is 0.441. The first-order chi connectivity index (χ1) is 2.91. The Morgan fingerprint density at radius 2 is 2.00 bits per heavy atom. The van der Waals surface area contributed by atoms with Crippen molar-refractivity contribution in [3.8, 4) is 11.8 Å². The molecule has 0 amide bonds. The minimum atomic E-state index is 0. The van der Waals surface area contributed by atoms with Crippen molar-refractivity contribution in [3.05, 3.63) is 0 Å². The number of hydrogen-bond donors (Lipinski definition) is 0. The molecule has 0 heterocycles. The van der Waals surface area contributed by atoms with Crippen molar-refractivity contribution in [1.29, 1.82) is 0 Å². The van der Waals surface area contributed by atoms with Crippen molar-refractivity contribution in [3.63, 3.8) is 0 Å². The van der Waals surface area contributed by atoms with E-state index in [0.29, 0.717) is 0 Å². The maximum Gasteiger partial charge on any atom is 0.0645 e. The van der Waals surface area contributed by atoms with E-state index in [0.717, 1.165) is 11.8 Å². The molecule has 0 atom stereocenters. The first-order valence-electron chi connectivity index (χ1n) is 1.93. The van der Waals surface area contributed by atoms with E-state index in [2.05, 4.69) is 27.8 Å². The number of halogens is 2. The van der Waals surface area contributed by atoms with Crippen LogP contribution in [-0.4, -0.2) is 5.33 Å². The van der Waals surface area contributed by atoms with Crippen LogP contribution in [0.3, 0.4) is 0 Å². The Bertz CT molecular complexity index is 59.9. The van der Waals surface area contributed by atoms with Crippen LogP contribution in [0.25, 0.3) is 0 Å². The number of hydrogen-bond acceptors (Lipinski definition) is 0. The molecule has 0 fully saturated rings. The van der Waals surface area contributed by atoms with Gasteiger partial charge < -0.3 is 0 Å². The lowest BCUT2D eigenvalue weighted by molar-refractivity contribution is 1.28. The molecule has 0 aromatic carbocycles. The summed E-state index contributed by atoms with van der Waals surface area (Å²) in [6, 6.07) is 0. The van der Waals surface area contributed by atoms with E-state index >= 15 is 0 Å². The number of rotatable bonds is 0. The molecule has 2 heteroatoms. The van der Waals surface area contributed by atoms with Gasteiger partial charge in [0.1, 0.15) is 0 Å². The molecule has 0 N–H and O–H groups in total. The van der Waals surface area contributed by atoms with Crippen LogP contribution in [-0.2, 0) is 0 Å². The molecule has 0 bridgehead atoms. The van der Waals surface area contributed by atoms with Gasteiger partial charge in [0.15, 0.2) is 0 Å². The van der Waals surface area contributed by atoms with Crippen molar-refractivity contribution in [2.24, 2.45) is 0 Å². The highest BCUT2D eigenvalue weighted by Crippen LogP contribution is 1.73. The topological polar surface area (TPSA) is 0 Å². The second-order valence-corrected chi connectivity index (χ2v) is 1.40. The van der Waals surface area contributed by atoms with Crippen molar-refractivity contribution >= 4 is 32.9 Å². The fourth-order valence-corrected chi connectivity index (χ4v) is 0.370. The summed E-state index contributed by atoms with van der Waals surface area (Å²) in [5, 5.41) is 0.806. The molecule has 0 radical (unpaired) electrons. The Kier molecular flexibility index (Phi) is 14.6. The normalized spacial score (nSPS) is 5.43. The predicted molar refractivity (Wildman–Crippen MR) is 42.2 cm³/mol. The molecule has 0 aliphatic carbocycles. The third kappa shape index (κ3) is 10.8. The summed E-state index contributed by atoms with van der Waals surface area (Å²) in [4.78, 5) is 0. The molecule has 0 saturated carbocycles. The van der Waals surface area contributed by atoms with E-state index in [1.54, 1.807) is 0 Å². The van der Waals surface area contributed by atoms with Gasteiger partial charge in [-0.05, 0) is 0 Å². The summed E-state index contributed by atoms with van der Waals surface area (Å²) in [6.07, 6.45) is 0.964. The lowest BCUT2D eigenvalue weighted by Crippen LogP contribution is -1.56. The number of alkyl halides is 1. The first kappa shape index (κ1) is 10.5. The highest BCUT2D eigenvalue weighted by Gasteiger charge is 1.57. The Hall–Kier alpha value is 0.520. The van der Waals surface area contributed by atoms with Crippen molar-refractivity contribution in [2.75, 3.05) is 5.33 Å². The second-order valence-electron chi connectivity index (χ2n) is 0.841. The highest BCUT2D eigenvalue weighted by molar-refractivity contribution is 9.09. The van der Waals surface area contributed by atoms with Gasteiger partial charge in [-0.3, -0.25) is 0 Å². The summed E-state index contributed by atoms with van der Waals surface area (Å²) in [5.74, 6) is 5.77. The lowest BCUT2D eigenvalue weighted by Gasteiger charge is -1.64. The van der Waals surface area contributed by atoms with Crippen LogP contribution >= 0.6 is 32.9 Å². The van der Waals surface area contributed by atoms with Gasteiger partial charge in [-0.2, -0.15) is 0 Å². The summed E-state index contributed by atoms with van der Waals surface area (Å²) in [5.41, 5.74) is 0. The zero-order chi connectivity index (χ0) is 4.83. The molecule has 0 saturated heterocycles. The van der Waals surface area contributed by atoms with E-state index in [1.807, 2.05) is 6.92 Å². The fourth-order valence-electron chi connectivity index (χ4n) is 0.172. The summed E-state index contributed by atoms with van der Waals surface area (Å²) in [6.45, 7) is 2.04. The first-order valence-corrected chi connectivity index (χ1v) is 3.05. The highest BCUT2D eigenvalue weighted by atomic mass is 79.9. The van der Waals surface area contributed by atoms with Crippen molar-refractivity contribution < 1.29 is 0 Å². The molecule has 0 unspecified atom stereocenters. The predicted octanol–water partition coefficient (Wildman–Crippen LogP) is 2.37. The van der Waals surface area contributed by atoms with Crippen LogP contribution in [0.1, 0.15) is 13.3 Å². The Morgan fingerprint density at radius 3 is 2.14 bits per heavy atom. The molecular formula is C5H8Br2. The smallest absolute Gasteiger partial charge is 0.0645 e. The SMILES string of the molecule is Br.CCC#CCBr. The van der Waals surface area contributed by atoms with E-state index in [1.165, 1.54) is 0 Å². The molecule has 0 aliphatic heterocycles. The summed E-state index contributed by atoms with van der Waals surface area (Å²) >= 11 is 3.18. The molecular weight excluding hydrogens is 220 g/mol. The van der Waals surface area contributed by atoms with Gasteiger partial charge in [0.25, 0.3) is 0 Å². The molecule has 42 valence electrons. The summed E-state index contributed by atoms with van der Waals surface area (Å²) < 4.78 is 0. The zero-order valence-corrected chi connectivity index (χ0v) is 7.50. The molecule has 0 aliphatic rings. The van der Waals surface area contributed by atoms with E-state index in [9.17, 15) is 0 Å². The van der Waals surface area contributed by atoms with Gasteiger partial charge in [0.2, 0.25) is 0 Å². The van der Waals surface area contributed by atoms with E-state index in [4.69, 9.17) is 0 Å². The largest absolute Gasteiger partial charge is 0.114 e. The zero-order valence-electron chi connectivity index (χ0n) is 4.20. The molecule has 0 rings (SSSR count). The van der Waals surface area contributed by atoms with Crippen LogP contribution in [0.2, 0.25) is 0 Å². The van der Waals surface area contributed by atoms with Crippen LogP contribution in [0.5, 0.6) is 0 Å². The van der Waals surface area contributed by atoms with Crippen LogP contribution in [0.15, 0.2) is 0 Å². The van der Waals surface area contributed by atoms with E-state index < -0.39 is 0 Å². The Morgan fingerprint density at radius 1 is 1.43 bits per heavy atom. The molecule has 0 spiro atoms. The van der Waals surface area contributed by atoms with Gasteiger partial charge in [0, 0.05) is 6.42 Å². The second kappa shape index (κ2) is 9.72. The van der Waals surface area contributed by atoms with Gasteiger partial charge in [-0.25, -0.2) is 0 Å². The Balaban J connectivity index is 0. The molecule has 0 aromatic rings. The van der Waals surface area contributed by atoms with Crippen LogP contribution < -0.4 is 0 Å². The van der Waals surface area contributed by atoms with E-state index in [-0.39, 0.29) is 17.0 Å². The van der Waals surface area contributed by atoms with Gasteiger partial charge in [0.05, 0.1) is 5.33 Å². The van der Waals surface area contributed by atoms with Gasteiger partial charge in [-0.15, -0.1) is 22.9 Å². The average Bonchev–Trinajstić information content (AvgIpc) is 1.61. The van der Waals surface area contributed by atoms with Gasteiger partial charge >= 0.3 is 0 Å². The third-order valence-electron chi connectivity index (χ3n) is 0.369. The standard InChI is InChI=1S/C5H7Br.BrH/c1-2-3-4-5-6;/h2,5H2,1H3;1H. The minimum Gasteiger partial charge on any atom is -0.114 e. The third-order valence-corrected chi connectivity index (χ3v) is 0.649. The van der Waals surface area contributed by atoms with Crippen molar-refractivity contribution in [1.82, 2.24) is 0 Å². The minimum absolute atomic E-state index is 0. The lowest BCUT2D eigenvalue weighted by atomic mass is 10.5.